The van der Waals surface area contributed by atoms with E-state index < -0.39 is 37.2 Å². The second kappa shape index (κ2) is 11.6. The fourth-order valence-electron chi connectivity index (χ4n) is 3.25. The molecule has 0 spiro atoms. The maximum Gasteiger partial charge on any atom is 0.387 e. The molecule has 10 heteroatoms. The number of halogens is 2. The zero-order valence-electron chi connectivity index (χ0n) is 18.1. The molecule has 1 aliphatic heterocycles. The Bertz CT molecular complexity index is 1100. The summed E-state index contributed by atoms with van der Waals surface area (Å²) in [5, 5.41) is 5.16. The number of carbonyl (C=O) groups is 3. The normalized spacial score (nSPS) is 15.6. The molecule has 0 saturated heterocycles. The first-order chi connectivity index (χ1) is 16.4. The highest BCUT2D eigenvalue weighted by Crippen LogP contribution is 2.28. The summed E-state index contributed by atoms with van der Waals surface area (Å²) in [6.45, 7) is -1.70. The largest absolute Gasteiger partial charge is 0.463 e. The highest BCUT2D eigenvalue weighted by molar-refractivity contribution is 5.95. The number of urea groups is 1. The molecule has 34 heavy (non-hydrogen) atoms. The summed E-state index contributed by atoms with van der Waals surface area (Å²) in [7, 11) is 0. The third kappa shape index (κ3) is 6.41. The lowest BCUT2D eigenvalue weighted by Gasteiger charge is -2.29. The summed E-state index contributed by atoms with van der Waals surface area (Å²) in [4.78, 5) is 37.2. The van der Waals surface area contributed by atoms with Gasteiger partial charge in [0.2, 0.25) is 0 Å². The van der Waals surface area contributed by atoms with Gasteiger partial charge in [0.25, 0.3) is 0 Å². The van der Waals surface area contributed by atoms with Crippen molar-refractivity contribution in [2.75, 3.05) is 13.2 Å². The molecular formula is C24H22F2N2O6. The minimum absolute atomic E-state index is 0.0687. The van der Waals surface area contributed by atoms with Crippen molar-refractivity contribution in [2.24, 2.45) is 0 Å². The molecule has 1 aliphatic rings. The minimum Gasteiger partial charge on any atom is -0.463 e. The molecule has 0 radical (unpaired) electrons. The van der Waals surface area contributed by atoms with Gasteiger partial charge in [-0.3, -0.25) is 0 Å². The number of nitrogens with one attached hydrogen (secondary N) is 2. The van der Waals surface area contributed by atoms with E-state index in [0.29, 0.717) is 5.56 Å². The van der Waals surface area contributed by atoms with Crippen LogP contribution in [0, 0.1) is 0 Å². The van der Waals surface area contributed by atoms with Crippen molar-refractivity contribution in [1.82, 2.24) is 10.6 Å². The summed E-state index contributed by atoms with van der Waals surface area (Å²) in [5.74, 6) is -1.61. The van der Waals surface area contributed by atoms with Crippen LogP contribution in [0.15, 0.2) is 71.9 Å². The molecule has 0 saturated carbocycles. The number of amides is 2. The first-order valence-electron chi connectivity index (χ1n) is 10.3. The fraction of sp³-hybridized carbons (Fsp3) is 0.208. The van der Waals surface area contributed by atoms with Crippen LogP contribution < -0.4 is 15.4 Å². The van der Waals surface area contributed by atoms with Gasteiger partial charge in [0.1, 0.15) is 12.4 Å². The van der Waals surface area contributed by atoms with Crippen LogP contribution in [0.4, 0.5) is 13.6 Å². The molecule has 2 aromatic rings. The number of hydrogen-bond acceptors (Lipinski definition) is 6. The average Bonchev–Trinajstić information content (AvgIpc) is 2.82. The number of hydrogen-bond donors (Lipinski definition) is 2. The third-order valence-electron chi connectivity index (χ3n) is 4.67. The van der Waals surface area contributed by atoms with Gasteiger partial charge >= 0.3 is 24.6 Å². The molecule has 0 aromatic heterocycles. The van der Waals surface area contributed by atoms with E-state index in [4.69, 9.17) is 9.47 Å². The lowest BCUT2D eigenvalue weighted by atomic mass is 9.95. The van der Waals surface area contributed by atoms with Crippen molar-refractivity contribution < 1.29 is 37.4 Å². The van der Waals surface area contributed by atoms with Crippen molar-refractivity contribution in [3.05, 3.63) is 83.1 Å². The van der Waals surface area contributed by atoms with Gasteiger partial charge in [0.15, 0.2) is 0 Å². The van der Waals surface area contributed by atoms with E-state index in [9.17, 15) is 23.2 Å². The predicted octanol–water partition coefficient (Wildman–Crippen LogP) is 3.72. The summed E-state index contributed by atoms with van der Waals surface area (Å²) < 4.78 is 39.8. The molecule has 178 valence electrons. The Labute approximate surface area is 194 Å². The van der Waals surface area contributed by atoms with E-state index in [1.54, 1.807) is 43.3 Å². The number of esters is 2. The SMILES string of the molecule is CCOC(=O)C1=C(COC(=O)/C=C/c2ccccc2OC(F)F)NC(=O)N[C@@H]1c1ccccc1. The van der Waals surface area contributed by atoms with E-state index in [1.165, 1.54) is 24.3 Å². The number of benzene rings is 2. The van der Waals surface area contributed by atoms with Crippen LogP contribution in [0.2, 0.25) is 0 Å². The second-order valence-electron chi connectivity index (χ2n) is 6.91. The van der Waals surface area contributed by atoms with Crippen molar-refractivity contribution in [1.29, 1.82) is 0 Å². The maximum atomic E-state index is 12.7. The van der Waals surface area contributed by atoms with Crippen molar-refractivity contribution in [2.45, 2.75) is 19.6 Å². The van der Waals surface area contributed by atoms with Gasteiger partial charge in [-0.1, -0.05) is 48.5 Å². The van der Waals surface area contributed by atoms with E-state index in [-0.39, 0.29) is 29.2 Å². The van der Waals surface area contributed by atoms with E-state index in [2.05, 4.69) is 15.4 Å². The van der Waals surface area contributed by atoms with Crippen LogP contribution in [-0.2, 0) is 19.1 Å². The monoisotopic (exact) mass is 472 g/mol. The van der Waals surface area contributed by atoms with Crippen molar-refractivity contribution in [3.8, 4) is 5.75 Å². The maximum absolute atomic E-state index is 12.7. The molecule has 1 heterocycles. The summed E-state index contributed by atoms with van der Waals surface area (Å²) in [6, 6.07) is 13.3. The predicted molar refractivity (Wildman–Crippen MR) is 118 cm³/mol. The van der Waals surface area contributed by atoms with Crippen LogP contribution in [0.3, 0.4) is 0 Å². The van der Waals surface area contributed by atoms with Gasteiger partial charge in [-0.25, -0.2) is 14.4 Å². The highest BCUT2D eigenvalue weighted by Gasteiger charge is 2.34. The molecular weight excluding hydrogens is 450 g/mol. The van der Waals surface area contributed by atoms with Crippen LogP contribution >= 0.6 is 0 Å². The molecule has 0 bridgehead atoms. The summed E-state index contributed by atoms with van der Waals surface area (Å²) >= 11 is 0. The third-order valence-corrected chi connectivity index (χ3v) is 4.67. The van der Waals surface area contributed by atoms with Gasteiger partial charge in [-0.2, -0.15) is 8.78 Å². The van der Waals surface area contributed by atoms with Crippen LogP contribution in [0.1, 0.15) is 24.1 Å². The smallest absolute Gasteiger partial charge is 0.387 e. The standard InChI is InChI=1S/C24H22F2N2O6/c1-2-32-22(30)20-17(27-24(31)28-21(20)16-9-4-3-5-10-16)14-33-19(29)13-12-15-8-6-7-11-18(15)34-23(25)26/h3-13,21,23H,2,14H2,1H3,(H2,27,28,31)/b13-12+/t21-/m1/s1. The van der Waals surface area contributed by atoms with E-state index >= 15 is 0 Å². The number of ether oxygens (including phenoxy) is 3. The Morgan fingerprint density at radius 2 is 1.76 bits per heavy atom. The zero-order valence-corrected chi connectivity index (χ0v) is 18.1. The molecule has 0 aliphatic carbocycles. The van der Waals surface area contributed by atoms with E-state index in [0.717, 1.165) is 6.08 Å². The Hall–Kier alpha value is -4.21. The van der Waals surface area contributed by atoms with Crippen LogP contribution in [0.5, 0.6) is 5.75 Å². The number of carbonyl (C=O) groups excluding carboxylic acids is 3. The Morgan fingerprint density at radius 1 is 1.06 bits per heavy atom. The zero-order chi connectivity index (χ0) is 24.5. The van der Waals surface area contributed by atoms with Gasteiger partial charge in [0.05, 0.1) is 23.9 Å². The number of rotatable bonds is 9. The van der Waals surface area contributed by atoms with Crippen molar-refractivity contribution >= 4 is 24.0 Å². The quantitative estimate of drug-likeness (QED) is 0.426. The molecule has 2 aromatic carbocycles. The van der Waals surface area contributed by atoms with Gasteiger partial charge in [-0.05, 0) is 24.6 Å². The molecule has 2 amide bonds. The fourth-order valence-corrected chi connectivity index (χ4v) is 3.25. The highest BCUT2D eigenvalue weighted by atomic mass is 19.3. The summed E-state index contributed by atoms with van der Waals surface area (Å²) in [6.07, 6.45) is 2.28. The first kappa shape index (κ1) is 24.4. The van der Waals surface area contributed by atoms with Gasteiger partial charge in [0, 0.05) is 11.6 Å². The van der Waals surface area contributed by atoms with E-state index in [1.807, 2.05) is 0 Å². The number of para-hydroxylation sites is 1. The van der Waals surface area contributed by atoms with Crippen LogP contribution in [0.25, 0.3) is 6.08 Å². The molecule has 2 N–H and O–H groups in total. The summed E-state index contributed by atoms with van der Waals surface area (Å²) in [5.41, 5.74) is 1.05. The molecule has 8 nitrogen and oxygen atoms in total. The number of alkyl halides is 2. The molecule has 0 unspecified atom stereocenters. The van der Waals surface area contributed by atoms with Crippen LogP contribution in [-0.4, -0.2) is 37.8 Å². The minimum atomic E-state index is -3.02. The lowest BCUT2D eigenvalue weighted by molar-refractivity contribution is -0.140. The molecule has 3 rings (SSSR count). The second-order valence-corrected chi connectivity index (χ2v) is 6.91. The Kier molecular flexibility index (Phi) is 8.33. The lowest BCUT2D eigenvalue weighted by Crippen LogP contribution is -2.47. The Morgan fingerprint density at radius 3 is 2.47 bits per heavy atom. The van der Waals surface area contributed by atoms with Crippen molar-refractivity contribution in [3.63, 3.8) is 0 Å². The van der Waals surface area contributed by atoms with Gasteiger partial charge in [-0.15, -0.1) is 0 Å². The molecule has 1 atom stereocenters. The topological polar surface area (TPSA) is 103 Å². The molecule has 0 fully saturated rings. The Balaban J connectivity index is 1.80. The van der Waals surface area contributed by atoms with Gasteiger partial charge < -0.3 is 24.8 Å². The first-order valence-corrected chi connectivity index (χ1v) is 10.3. The average molecular weight is 472 g/mol.